The second-order valence-electron chi connectivity index (χ2n) is 7.94. The van der Waals surface area contributed by atoms with Gasteiger partial charge in [-0.2, -0.15) is 0 Å². The summed E-state index contributed by atoms with van der Waals surface area (Å²) < 4.78 is 0. The highest BCUT2D eigenvalue weighted by Gasteiger charge is 2.43. The van der Waals surface area contributed by atoms with Crippen molar-refractivity contribution >= 4 is 5.91 Å². The Labute approximate surface area is 123 Å². The van der Waals surface area contributed by atoms with Gasteiger partial charge in [-0.1, -0.05) is 19.3 Å². The van der Waals surface area contributed by atoms with Crippen LogP contribution in [0.25, 0.3) is 0 Å². The molecule has 2 bridgehead atoms. The van der Waals surface area contributed by atoms with E-state index in [1.165, 1.54) is 32.1 Å². The second-order valence-corrected chi connectivity index (χ2v) is 7.94. The van der Waals surface area contributed by atoms with Crippen LogP contribution in [0.15, 0.2) is 0 Å². The molecule has 3 N–H and O–H groups in total. The van der Waals surface area contributed by atoms with Crippen LogP contribution in [-0.4, -0.2) is 17.5 Å². The molecule has 3 fully saturated rings. The largest absolute Gasteiger partial charge is 0.353 e. The number of rotatable bonds is 3. The predicted molar refractivity (Wildman–Crippen MR) is 81.1 cm³/mol. The molecule has 0 saturated heterocycles. The first-order valence-electron chi connectivity index (χ1n) is 8.56. The molecule has 114 valence electrons. The second kappa shape index (κ2) is 5.32. The average molecular weight is 278 g/mol. The van der Waals surface area contributed by atoms with Crippen LogP contribution < -0.4 is 11.1 Å². The van der Waals surface area contributed by atoms with E-state index in [2.05, 4.69) is 19.2 Å². The predicted octanol–water partition coefficient (Wildman–Crippen LogP) is 2.83. The van der Waals surface area contributed by atoms with Crippen LogP contribution in [0.5, 0.6) is 0 Å². The van der Waals surface area contributed by atoms with Gasteiger partial charge in [-0.05, 0) is 63.7 Å². The molecule has 3 aliphatic carbocycles. The SMILES string of the molecule is CC(NC(=O)C1CCCCC1(C)N)C1CC2CCC1C2. The number of nitrogens with one attached hydrogen (secondary N) is 1. The highest BCUT2D eigenvalue weighted by Crippen LogP contribution is 2.49. The Bertz CT molecular complexity index is 379. The normalized spacial score (nSPS) is 45.4. The van der Waals surface area contributed by atoms with E-state index >= 15 is 0 Å². The maximum Gasteiger partial charge on any atom is 0.225 e. The third kappa shape index (κ3) is 2.61. The van der Waals surface area contributed by atoms with E-state index in [9.17, 15) is 4.79 Å². The van der Waals surface area contributed by atoms with Gasteiger partial charge >= 0.3 is 0 Å². The van der Waals surface area contributed by atoms with Crippen molar-refractivity contribution in [1.82, 2.24) is 5.32 Å². The van der Waals surface area contributed by atoms with Crippen molar-refractivity contribution in [2.45, 2.75) is 76.8 Å². The molecule has 6 atom stereocenters. The minimum Gasteiger partial charge on any atom is -0.353 e. The minimum atomic E-state index is -0.309. The molecule has 0 aromatic rings. The van der Waals surface area contributed by atoms with Gasteiger partial charge in [-0.3, -0.25) is 4.79 Å². The van der Waals surface area contributed by atoms with Gasteiger partial charge in [-0.15, -0.1) is 0 Å². The molecular formula is C17H30N2O. The molecule has 3 heteroatoms. The van der Waals surface area contributed by atoms with Gasteiger partial charge in [0.2, 0.25) is 5.91 Å². The Morgan fingerprint density at radius 2 is 2.05 bits per heavy atom. The Hall–Kier alpha value is -0.570. The standard InChI is InChI=1S/C17H30N2O/c1-11(14-10-12-6-7-13(14)9-12)19-16(20)15-5-3-4-8-17(15,2)18/h11-15H,3-10,18H2,1-2H3,(H,19,20). The monoisotopic (exact) mass is 278 g/mol. The van der Waals surface area contributed by atoms with Gasteiger partial charge in [0.05, 0.1) is 5.92 Å². The van der Waals surface area contributed by atoms with E-state index in [0.717, 1.165) is 31.1 Å². The van der Waals surface area contributed by atoms with E-state index in [-0.39, 0.29) is 17.4 Å². The van der Waals surface area contributed by atoms with Crippen molar-refractivity contribution in [3.8, 4) is 0 Å². The summed E-state index contributed by atoms with van der Waals surface area (Å²) in [5, 5.41) is 3.31. The summed E-state index contributed by atoms with van der Waals surface area (Å²) in [6, 6.07) is 0.329. The maximum absolute atomic E-state index is 12.6. The summed E-state index contributed by atoms with van der Waals surface area (Å²) in [7, 11) is 0. The van der Waals surface area contributed by atoms with E-state index < -0.39 is 0 Å². The highest BCUT2D eigenvalue weighted by atomic mass is 16.2. The number of amides is 1. The van der Waals surface area contributed by atoms with E-state index in [1.807, 2.05) is 0 Å². The summed E-state index contributed by atoms with van der Waals surface area (Å²) in [5.74, 6) is 2.75. The molecule has 0 spiro atoms. The summed E-state index contributed by atoms with van der Waals surface area (Å²) in [6.07, 6.45) is 9.79. The zero-order valence-electron chi connectivity index (χ0n) is 13.0. The fraction of sp³-hybridized carbons (Fsp3) is 0.941. The summed E-state index contributed by atoms with van der Waals surface area (Å²) in [5.41, 5.74) is 6.04. The first-order chi connectivity index (χ1) is 9.47. The fourth-order valence-corrected chi connectivity index (χ4v) is 5.13. The molecule has 3 nitrogen and oxygen atoms in total. The smallest absolute Gasteiger partial charge is 0.225 e. The highest BCUT2D eigenvalue weighted by molar-refractivity contribution is 5.80. The molecule has 0 heterocycles. The lowest BCUT2D eigenvalue weighted by molar-refractivity contribution is -0.129. The molecule has 3 rings (SSSR count). The van der Waals surface area contributed by atoms with E-state index in [1.54, 1.807) is 0 Å². The molecule has 1 amide bonds. The first-order valence-corrected chi connectivity index (χ1v) is 8.56. The molecule has 0 radical (unpaired) electrons. The maximum atomic E-state index is 12.6. The lowest BCUT2D eigenvalue weighted by atomic mass is 9.74. The van der Waals surface area contributed by atoms with Crippen molar-refractivity contribution in [1.29, 1.82) is 0 Å². The summed E-state index contributed by atoms with van der Waals surface area (Å²) in [4.78, 5) is 12.6. The van der Waals surface area contributed by atoms with Gasteiger partial charge in [0.25, 0.3) is 0 Å². The van der Waals surface area contributed by atoms with Crippen LogP contribution in [0.2, 0.25) is 0 Å². The first kappa shape index (κ1) is 14.4. The minimum absolute atomic E-state index is 0.0114. The Balaban J connectivity index is 1.58. The van der Waals surface area contributed by atoms with Crippen LogP contribution in [0.3, 0.4) is 0 Å². The quantitative estimate of drug-likeness (QED) is 0.834. The van der Waals surface area contributed by atoms with Crippen LogP contribution in [-0.2, 0) is 4.79 Å². The zero-order valence-corrected chi connectivity index (χ0v) is 13.0. The van der Waals surface area contributed by atoms with E-state index in [4.69, 9.17) is 5.73 Å². The fourth-order valence-electron chi connectivity index (χ4n) is 5.13. The molecule has 0 aliphatic heterocycles. The number of fused-ring (bicyclic) bond motifs is 2. The number of carbonyl (C=O) groups excluding carboxylic acids is 1. The molecular weight excluding hydrogens is 248 g/mol. The van der Waals surface area contributed by atoms with Crippen LogP contribution in [0.1, 0.15) is 65.2 Å². The van der Waals surface area contributed by atoms with E-state index in [0.29, 0.717) is 12.0 Å². The number of nitrogens with two attached hydrogens (primary N) is 1. The van der Waals surface area contributed by atoms with Crippen LogP contribution >= 0.6 is 0 Å². The van der Waals surface area contributed by atoms with Crippen molar-refractivity contribution in [2.24, 2.45) is 29.4 Å². The molecule has 3 saturated carbocycles. The Morgan fingerprint density at radius 3 is 2.65 bits per heavy atom. The molecule has 0 aromatic heterocycles. The third-order valence-electron chi connectivity index (χ3n) is 6.38. The molecule has 20 heavy (non-hydrogen) atoms. The topological polar surface area (TPSA) is 55.1 Å². The number of hydrogen-bond donors (Lipinski definition) is 2. The van der Waals surface area contributed by atoms with Gasteiger partial charge in [0.1, 0.15) is 0 Å². The number of hydrogen-bond acceptors (Lipinski definition) is 2. The lowest BCUT2D eigenvalue weighted by Gasteiger charge is -2.38. The average Bonchev–Trinajstić information content (AvgIpc) is 3.00. The summed E-state index contributed by atoms with van der Waals surface area (Å²) >= 11 is 0. The molecule has 6 unspecified atom stereocenters. The number of carbonyl (C=O) groups is 1. The van der Waals surface area contributed by atoms with Crippen LogP contribution in [0, 0.1) is 23.7 Å². The van der Waals surface area contributed by atoms with Crippen molar-refractivity contribution in [3.05, 3.63) is 0 Å². The third-order valence-corrected chi connectivity index (χ3v) is 6.38. The van der Waals surface area contributed by atoms with Crippen molar-refractivity contribution < 1.29 is 4.79 Å². The van der Waals surface area contributed by atoms with Gasteiger partial charge in [0, 0.05) is 11.6 Å². The lowest BCUT2D eigenvalue weighted by Crippen LogP contribution is -2.55. The van der Waals surface area contributed by atoms with Crippen molar-refractivity contribution in [2.75, 3.05) is 0 Å². The van der Waals surface area contributed by atoms with Gasteiger partial charge in [0.15, 0.2) is 0 Å². The Kier molecular flexibility index (Phi) is 3.83. The zero-order chi connectivity index (χ0) is 14.3. The molecule has 3 aliphatic rings. The van der Waals surface area contributed by atoms with Gasteiger partial charge < -0.3 is 11.1 Å². The molecule has 0 aromatic carbocycles. The van der Waals surface area contributed by atoms with Crippen LogP contribution in [0.4, 0.5) is 0 Å². The van der Waals surface area contributed by atoms with Gasteiger partial charge in [-0.25, -0.2) is 0 Å². The van der Waals surface area contributed by atoms with Crippen molar-refractivity contribution in [3.63, 3.8) is 0 Å². The Morgan fingerprint density at radius 1 is 1.25 bits per heavy atom. The summed E-state index contributed by atoms with van der Waals surface area (Å²) in [6.45, 7) is 4.26.